The molecule has 0 spiro atoms. The number of barbiturate groups is 1. The van der Waals surface area contributed by atoms with E-state index in [1.807, 2.05) is 32.0 Å². The van der Waals surface area contributed by atoms with Gasteiger partial charge in [-0.25, -0.2) is 9.69 Å². The van der Waals surface area contributed by atoms with Crippen molar-refractivity contribution in [1.82, 2.24) is 5.32 Å². The first-order valence-corrected chi connectivity index (χ1v) is 11.8. The van der Waals surface area contributed by atoms with E-state index in [1.165, 1.54) is 17.2 Å². The second kappa shape index (κ2) is 10.9. The number of anilines is 1. The molecule has 1 saturated heterocycles. The van der Waals surface area contributed by atoms with Crippen molar-refractivity contribution < 1.29 is 23.9 Å². The molecule has 7 heteroatoms. The van der Waals surface area contributed by atoms with E-state index in [0.29, 0.717) is 36.0 Å². The summed E-state index contributed by atoms with van der Waals surface area (Å²) in [6, 6.07) is 19.0. The molecule has 0 saturated carbocycles. The van der Waals surface area contributed by atoms with E-state index < -0.39 is 17.8 Å². The lowest BCUT2D eigenvalue weighted by Crippen LogP contribution is -2.54. The predicted molar refractivity (Wildman–Crippen MR) is 138 cm³/mol. The van der Waals surface area contributed by atoms with Crippen molar-refractivity contribution in [3.05, 3.63) is 94.6 Å². The van der Waals surface area contributed by atoms with Gasteiger partial charge in [0.1, 0.15) is 23.7 Å². The molecule has 0 atom stereocenters. The number of carbonyl (C=O) groups excluding carboxylic acids is 3. The molecule has 0 aromatic heterocycles. The van der Waals surface area contributed by atoms with E-state index in [-0.39, 0.29) is 5.57 Å². The first-order chi connectivity index (χ1) is 17.4. The third-order valence-corrected chi connectivity index (χ3v) is 5.85. The molecule has 0 radical (unpaired) electrons. The van der Waals surface area contributed by atoms with Gasteiger partial charge in [0, 0.05) is 5.56 Å². The van der Waals surface area contributed by atoms with Gasteiger partial charge in [0.25, 0.3) is 11.8 Å². The van der Waals surface area contributed by atoms with E-state index in [2.05, 4.69) is 18.3 Å². The van der Waals surface area contributed by atoms with Gasteiger partial charge in [-0.1, -0.05) is 43.3 Å². The van der Waals surface area contributed by atoms with Crippen LogP contribution in [0, 0.1) is 13.8 Å². The summed E-state index contributed by atoms with van der Waals surface area (Å²) in [4.78, 5) is 39.4. The average Bonchev–Trinajstić information content (AvgIpc) is 2.87. The molecule has 7 nitrogen and oxygen atoms in total. The maximum absolute atomic E-state index is 13.3. The molecular weight excluding hydrogens is 456 g/mol. The van der Waals surface area contributed by atoms with Crippen LogP contribution < -0.4 is 19.7 Å². The van der Waals surface area contributed by atoms with Gasteiger partial charge in [-0.15, -0.1) is 0 Å². The largest absolute Gasteiger partial charge is 0.494 e. The van der Waals surface area contributed by atoms with Gasteiger partial charge in [-0.2, -0.15) is 0 Å². The molecule has 1 heterocycles. The Morgan fingerprint density at radius 3 is 2.36 bits per heavy atom. The van der Waals surface area contributed by atoms with Crippen molar-refractivity contribution in [3.8, 4) is 11.5 Å². The number of hydrogen-bond acceptors (Lipinski definition) is 5. The molecule has 1 aliphatic heterocycles. The molecule has 3 aromatic carbocycles. The summed E-state index contributed by atoms with van der Waals surface area (Å²) in [6.07, 6.45) is 2.31. The van der Waals surface area contributed by atoms with Gasteiger partial charge in [0.15, 0.2) is 0 Å². The monoisotopic (exact) mass is 484 g/mol. The number of nitrogens with one attached hydrogen (secondary N) is 1. The Morgan fingerprint density at radius 2 is 1.64 bits per heavy atom. The zero-order chi connectivity index (χ0) is 25.7. The molecule has 1 fully saturated rings. The first-order valence-electron chi connectivity index (χ1n) is 11.8. The minimum atomic E-state index is -0.802. The van der Waals surface area contributed by atoms with Crippen LogP contribution in [0.15, 0.2) is 72.3 Å². The topological polar surface area (TPSA) is 84.9 Å². The molecular formula is C29H28N2O5. The summed E-state index contributed by atoms with van der Waals surface area (Å²) in [6.45, 7) is 7.00. The summed E-state index contributed by atoms with van der Waals surface area (Å²) < 4.78 is 11.6. The van der Waals surface area contributed by atoms with Gasteiger partial charge < -0.3 is 9.47 Å². The summed E-state index contributed by atoms with van der Waals surface area (Å²) in [7, 11) is 0. The third-order valence-electron chi connectivity index (χ3n) is 5.85. The van der Waals surface area contributed by atoms with Gasteiger partial charge in [0.2, 0.25) is 0 Å². The highest BCUT2D eigenvalue weighted by atomic mass is 16.5. The number of ether oxygens (including phenoxy) is 2. The summed E-state index contributed by atoms with van der Waals surface area (Å²) in [5.41, 5.74) is 4.11. The first kappa shape index (κ1) is 24.7. The Labute approximate surface area is 210 Å². The van der Waals surface area contributed by atoms with Crippen molar-refractivity contribution >= 4 is 29.6 Å². The van der Waals surface area contributed by atoms with Crippen molar-refractivity contribution in [1.29, 1.82) is 0 Å². The number of hydrogen-bond donors (Lipinski definition) is 1. The summed E-state index contributed by atoms with van der Waals surface area (Å²) >= 11 is 0. The minimum absolute atomic E-state index is 0.164. The van der Waals surface area contributed by atoms with Crippen molar-refractivity contribution in [3.63, 3.8) is 0 Å². The number of amides is 4. The second-order valence-electron chi connectivity index (χ2n) is 8.55. The van der Waals surface area contributed by atoms with Crippen molar-refractivity contribution in [2.45, 2.75) is 33.8 Å². The van der Waals surface area contributed by atoms with Crippen molar-refractivity contribution in [2.24, 2.45) is 0 Å². The fraction of sp³-hybridized carbons (Fsp3) is 0.207. The van der Waals surface area contributed by atoms with E-state index in [9.17, 15) is 14.4 Å². The lowest BCUT2D eigenvalue weighted by atomic mass is 10.1. The SMILES string of the molecule is CCCOc1ccc(N2C(=O)NC(=O)/C(=C/c3ccccc3OCc3ccc(C)c(C)c3)C2=O)cc1. The smallest absolute Gasteiger partial charge is 0.335 e. The van der Waals surface area contributed by atoms with Gasteiger partial charge >= 0.3 is 6.03 Å². The molecule has 36 heavy (non-hydrogen) atoms. The van der Waals surface area contributed by atoms with E-state index >= 15 is 0 Å². The highest BCUT2D eigenvalue weighted by Gasteiger charge is 2.37. The quantitative estimate of drug-likeness (QED) is 0.345. The highest BCUT2D eigenvalue weighted by Crippen LogP contribution is 2.27. The van der Waals surface area contributed by atoms with E-state index in [1.54, 1.807) is 42.5 Å². The number of imide groups is 2. The van der Waals surface area contributed by atoms with Crippen LogP contribution in [0.25, 0.3) is 6.08 Å². The van der Waals surface area contributed by atoms with Gasteiger partial charge in [-0.05, 0) is 73.4 Å². The summed E-state index contributed by atoms with van der Waals surface area (Å²) in [5, 5.41) is 2.25. The third kappa shape index (κ3) is 5.46. The van der Waals surface area contributed by atoms with Crippen LogP contribution in [-0.4, -0.2) is 24.5 Å². The zero-order valence-electron chi connectivity index (χ0n) is 20.5. The number of nitrogens with zero attached hydrogens (tertiary/aromatic N) is 1. The molecule has 0 bridgehead atoms. The Kier molecular flexibility index (Phi) is 7.49. The molecule has 1 aliphatic rings. The second-order valence-corrected chi connectivity index (χ2v) is 8.55. The lowest BCUT2D eigenvalue weighted by Gasteiger charge is -2.26. The van der Waals surface area contributed by atoms with Gasteiger partial charge in [0.05, 0.1) is 12.3 Å². The summed E-state index contributed by atoms with van der Waals surface area (Å²) in [5.74, 6) is -0.320. The molecule has 184 valence electrons. The van der Waals surface area contributed by atoms with Gasteiger partial charge in [-0.3, -0.25) is 14.9 Å². The Balaban J connectivity index is 1.58. The van der Waals surface area contributed by atoms with Crippen LogP contribution in [0.2, 0.25) is 0 Å². The fourth-order valence-electron chi connectivity index (χ4n) is 3.74. The Hall–Kier alpha value is -4.39. The van der Waals surface area contributed by atoms with Crippen molar-refractivity contribution in [2.75, 3.05) is 11.5 Å². The zero-order valence-corrected chi connectivity index (χ0v) is 20.5. The number of carbonyl (C=O) groups is 3. The fourth-order valence-corrected chi connectivity index (χ4v) is 3.74. The highest BCUT2D eigenvalue weighted by molar-refractivity contribution is 6.39. The van der Waals surface area contributed by atoms with E-state index in [4.69, 9.17) is 9.47 Å². The molecule has 3 aromatic rings. The average molecular weight is 485 g/mol. The minimum Gasteiger partial charge on any atom is -0.494 e. The van der Waals surface area contributed by atoms with Crippen LogP contribution in [-0.2, 0) is 16.2 Å². The Bertz CT molecular complexity index is 1330. The Morgan fingerprint density at radius 1 is 0.889 bits per heavy atom. The molecule has 0 aliphatic carbocycles. The molecule has 4 amide bonds. The molecule has 4 rings (SSSR count). The maximum Gasteiger partial charge on any atom is 0.335 e. The normalized spacial score (nSPS) is 14.7. The van der Waals surface area contributed by atoms with E-state index in [0.717, 1.165) is 16.9 Å². The molecule has 0 unspecified atom stereocenters. The predicted octanol–water partition coefficient (Wildman–Crippen LogP) is 5.34. The standard InChI is InChI=1S/C29H28N2O5/c1-4-15-35-24-13-11-23(12-14-24)31-28(33)25(27(32)30-29(31)34)17-22-7-5-6-8-26(22)36-18-21-10-9-19(2)20(3)16-21/h5-14,16-17H,4,15,18H2,1-3H3,(H,30,32,34)/b25-17-. The van der Waals surface area contributed by atoms with Crippen LogP contribution in [0.3, 0.4) is 0 Å². The number of urea groups is 1. The van der Waals surface area contributed by atoms with Crippen LogP contribution in [0.4, 0.5) is 10.5 Å². The number of aryl methyl sites for hydroxylation is 2. The van der Waals surface area contributed by atoms with Crippen LogP contribution in [0.1, 0.15) is 35.6 Å². The molecule has 1 N–H and O–H groups in total. The lowest BCUT2D eigenvalue weighted by molar-refractivity contribution is -0.122. The number of para-hydroxylation sites is 1. The number of rotatable bonds is 8. The van der Waals surface area contributed by atoms with Crippen LogP contribution >= 0.6 is 0 Å². The number of benzene rings is 3. The van der Waals surface area contributed by atoms with Crippen LogP contribution in [0.5, 0.6) is 11.5 Å². The maximum atomic E-state index is 13.3.